The van der Waals surface area contributed by atoms with Gasteiger partial charge in [-0.1, -0.05) is 32.1 Å². The normalized spacial score (nSPS) is 23.2. The molecule has 1 fully saturated rings. The van der Waals surface area contributed by atoms with Crippen LogP contribution in [0.1, 0.15) is 76.6 Å². The SMILES string of the molecule is C/C=C\C(=C/C1=C(C)NCCC1)C1=C(F)CCC2C(=O)c3c(s[nH]c3=O)N(C3CC3)CC2=C1.CC. The monoisotopic (exact) mass is 497 g/mol. The van der Waals surface area contributed by atoms with Gasteiger partial charge in [0, 0.05) is 42.7 Å². The Labute approximate surface area is 211 Å². The fourth-order valence-corrected chi connectivity index (χ4v) is 6.02. The number of ketones is 1. The molecule has 35 heavy (non-hydrogen) atoms. The van der Waals surface area contributed by atoms with Gasteiger partial charge >= 0.3 is 0 Å². The van der Waals surface area contributed by atoms with E-state index in [0.29, 0.717) is 24.6 Å². The molecule has 1 unspecified atom stereocenters. The Morgan fingerprint density at radius 2 is 1.97 bits per heavy atom. The number of anilines is 1. The molecule has 0 aromatic carbocycles. The van der Waals surface area contributed by atoms with Gasteiger partial charge in [-0.05, 0) is 80.3 Å². The molecule has 0 amide bonds. The van der Waals surface area contributed by atoms with Crippen molar-refractivity contribution in [3.05, 3.63) is 74.0 Å². The summed E-state index contributed by atoms with van der Waals surface area (Å²) in [5.41, 5.74) is 4.60. The van der Waals surface area contributed by atoms with Gasteiger partial charge in [-0.3, -0.25) is 14.0 Å². The van der Waals surface area contributed by atoms with Gasteiger partial charge in [-0.25, -0.2) is 4.39 Å². The molecule has 2 aliphatic heterocycles. The second-order valence-corrected chi connectivity index (χ2v) is 10.1. The molecule has 2 N–H and O–H groups in total. The van der Waals surface area contributed by atoms with Crippen molar-refractivity contribution in [1.29, 1.82) is 0 Å². The van der Waals surface area contributed by atoms with Crippen LogP contribution in [0.15, 0.2) is 62.9 Å². The van der Waals surface area contributed by atoms with Crippen LogP contribution in [0.2, 0.25) is 0 Å². The van der Waals surface area contributed by atoms with Crippen molar-refractivity contribution < 1.29 is 9.18 Å². The van der Waals surface area contributed by atoms with E-state index in [0.717, 1.165) is 54.1 Å². The number of carbonyl (C=O) groups excluding carboxylic acids is 1. The summed E-state index contributed by atoms with van der Waals surface area (Å²) in [6.45, 7) is 9.53. The lowest BCUT2D eigenvalue weighted by atomic mass is 9.88. The molecule has 1 aromatic rings. The first-order valence-corrected chi connectivity index (χ1v) is 13.7. The third kappa shape index (κ3) is 5.15. The largest absolute Gasteiger partial charge is 0.388 e. The first kappa shape index (κ1) is 25.4. The number of fused-ring (bicyclic) bond motifs is 2. The molecule has 0 spiro atoms. The molecular weight excluding hydrogens is 461 g/mol. The highest BCUT2D eigenvalue weighted by Crippen LogP contribution is 2.43. The van der Waals surface area contributed by atoms with E-state index in [9.17, 15) is 9.59 Å². The first-order valence-electron chi connectivity index (χ1n) is 12.9. The molecule has 5 rings (SSSR count). The van der Waals surface area contributed by atoms with E-state index in [1.807, 2.05) is 39.0 Å². The van der Waals surface area contributed by atoms with E-state index < -0.39 is 5.92 Å². The number of halogens is 1. The molecule has 1 atom stereocenters. The average Bonchev–Trinajstić information content (AvgIpc) is 3.66. The quantitative estimate of drug-likeness (QED) is 0.476. The van der Waals surface area contributed by atoms with Gasteiger partial charge in [0.1, 0.15) is 16.4 Å². The summed E-state index contributed by atoms with van der Waals surface area (Å²) < 4.78 is 18.3. The van der Waals surface area contributed by atoms with Crippen LogP contribution in [0, 0.1) is 5.92 Å². The Morgan fingerprint density at radius 3 is 2.66 bits per heavy atom. The third-order valence-electron chi connectivity index (χ3n) is 7.05. The summed E-state index contributed by atoms with van der Waals surface area (Å²) in [5.74, 6) is -0.815. The lowest BCUT2D eigenvalue weighted by Crippen LogP contribution is -2.28. The number of carbonyl (C=O) groups is 1. The molecule has 0 radical (unpaired) electrons. The van der Waals surface area contributed by atoms with Crippen molar-refractivity contribution >= 4 is 22.3 Å². The zero-order chi connectivity index (χ0) is 25.1. The standard InChI is InChI=1S/C26H30FN3O2S.C2H6/c1-3-5-17(12-16-6-4-11-28-15(16)2)21-13-18-14-30(19-7-8-19)26-23(25(32)29-33-26)24(31)20(18)9-10-22(21)27;1-2/h3,5,12-13,19-20,28H,4,6-11,14H2,1-2H3,(H,29,32);1-2H3/b5-3-,17-12+;. The lowest BCUT2D eigenvalue weighted by Gasteiger charge is -2.23. The van der Waals surface area contributed by atoms with Crippen LogP contribution in [0.3, 0.4) is 0 Å². The highest BCUT2D eigenvalue weighted by atomic mass is 32.1. The van der Waals surface area contributed by atoms with Crippen molar-refractivity contribution in [2.24, 2.45) is 5.92 Å². The number of Topliss-reactive ketones (excluding diaryl/α,β-unsaturated/α-hetero) is 1. The minimum Gasteiger partial charge on any atom is -0.388 e. The van der Waals surface area contributed by atoms with Gasteiger partial charge in [-0.15, -0.1) is 0 Å². The Bertz CT molecular complexity index is 1190. The minimum absolute atomic E-state index is 0.164. The number of rotatable bonds is 4. The highest BCUT2D eigenvalue weighted by Gasteiger charge is 2.41. The Morgan fingerprint density at radius 1 is 1.20 bits per heavy atom. The number of nitrogens with one attached hydrogen (secondary N) is 2. The number of allylic oxidation sites excluding steroid dienone is 9. The van der Waals surface area contributed by atoms with Crippen LogP contribution >= 0.6 is 11.5 Å². The number of aromatic amines is 1. The molecule has 188 valence electrons. The second-order valence-electron chi connectivity index (χ2n) is 9.35. The van der Waals surface area contributed by atoms with E-state index in [-0.39, 0.29) is 29.2 Å². The smallest absolute Gasteiger partial charge is 0.271 e. The van der Waals surface area contributed by atoms with Crippen LogP contribution in [0.5, 0.6) is 0 Å². The lowest BCUT2D eigenvalue weighted by molar-refractivity contribution is 0.0935. The van der Waals surface area contributed by atoms with Gasteiger partial charge in [0.25, 0.3) is 5.56 Å². The van der Waals surface area contributed by atoms with Crippen LogP contribution in [0.25, 0.3) is 0 Å². The number of hydrogen-bond donors (Lipinski definition) is 2. The van der Waals surface area contributed by atoms with Gasteiger partial charge in [0.2, 0.25) is 0 Å². The van der Waals surface area contributed by atoms with E-state index in [1.165, 1.54) is 17.1 Å². The summed E-state index contributed by atoms with van der Waals surface area (Å²) >= 11 is 1.25. The Kier molecular flexibility index (Phi) is 7.95. The molecule has 3 heterocycles. The third-order valence-corrected chi connectivity index (χ3v) is 7.97. The summed E-state index contributed by atoms with van der Waals surface area (Å²) in [6, 6.07) is 0.342. The fraction of sp³-hybridized carbons (Fsp3) is 0.500. The van der Waals surface area contributed by atoms with Crippen molar-refractivity contribution in [2.45, 2.75) is 72.3 Å². The van der Waals surface area contributed by atoms with Crippen LogP contribution in [-0.4, -0.2) is 29.3 Å². The first-order chi connectivity index (χ1) is 17.0. The van der Waals surface area contributed by atoms with Crippen molar-refractivity contribution in [1.82, 2.24) is 9.69 Å². The zero-order valence-corrected chi connectivity index (χ0v) is 22.0. The fourth-order valence-electron chi connectivity index (χ4n) is 5.11. The Balaban J connectivity index is 0.00000141. The van der Waals surface area contributed by atoms with E-state index >= 15 is 4.39 Å². The summed E-state index contributed by atoms with van der Waals surface area (Å²) in [4.78, 5) is 28.2. The number of hydrogen-bond acceptors (Lipinski definition) is 5. The van der Waals surface area contributed by atoms with Gasteiger partial charge in [0.05, 0.1) is 0 Å². The average molecular weight is 498 g/mol. The van der Waals surface area contributed by atoms with Crippen LogP contribution < -0.4 is 15.8 Å². The predicted octanol–water partition coefficient (Wildman–Crippen LogP) is 6.35. The molecule has 1 aromatic heterocycles. The maximum atomic E-state index is 15.5. The summed E-state index contributed by atoms with van der Waals surface area (Å²) in [5, 5.41) is 4.16. The van der Waals surface area contributed by atoms with Crippen molar-refractivity contribution in [3.63, 3.8) is 0 Å². The summed E-state index contributed by atoms with van der Waals surface area (Å²) in [6.07, 6.45) is 12.6. The van der Waals surface area contributed by atoms with Crippen molar-refractivity contribution in [2.75, 3.05) is 18.0 Å². The number of aromatic nitrogens is 1. The number of H-pyrrole nitrogens is 1. The molecule has 4 aliphatic rings. The van der Waals surface area contributed by atoms with Crippen LogP contribution in [0.4, 0.5) is 9.39 Å². The van der Waals surface area contributed by atoms with Gasteiger partial charge in [-0.2, -0.15) is 0 Å². The molecule has 0 saturated heterocycles. The summed E-state index contributed by atoms with van der Waals surface area (Å²) in [7, 11) is 0. The number of nitrogens with zero attached hydrogens (tertiary/aromatic N) is 1. The molecule has 7 heteroatoms. The predicted molar refractivity (Wildman–Crippen MR) is 143 cm³/mol. The molecule has 0 bridgehead atoms. The molecule has 1 saturated carbocycles. The molecular formula is C28H36FN3O2S. The second kappa shape index (κ2) is 10.9. The van der Waals surface area contributed by atoms with Crippen molar-refractivity contribution in [3.8, 4) is 0 Å². The maximum absolute atomic E-state index is 15.5. The van der Waals surface area contributed by atoms with Gasteiger partial charge < -0.3 is 10.2 Å². The minimum atomic E-state index is -0.462. The Hall–Kier alpha value is -2.67. The zero-order valence-electron chi connectivity index (χ0n) is 21.2. The molecule has 5 nitrogen and oxygen atoms in total. The van der Waals surface area contributed by atoms with E-state index in [4.69, 9.17) is 0 Å². The molecule has 2 aliphatic carbocycles. The highest BCUT2D eigenvalue weighted by molar-refractivity contribution is 7.10. The van der Waals surface area contributed by atoms with E-state index in [1.54, 1.807) is 0 Å². The maximum Gasteiger partial charge on any atom is 0.271 e. The van der Waals surface area contributed by atoms with E-state index in [2.05, 4.69) is 27.6 Å². The van der Waals surface area contributed by atoms with Gasteiger partial charge in [0.15, 0.2) is 5.78 Å². The topological polar surface area (TPSA) is 65.2 Å². The van der Waals surface area contributed by atoms with Crippen LogP contribution in [-0.2, 0) is 0 Å².